The number of hydrogen-bond donors (Lipinski definition) is 1. The highest BCUT2D eigenvalue weighted by molar-refractivity contribution is 5.96. The fourth-order valence-corrected chi connectivity index (χ4v) is 7.95. The van der Waals surface area contributed by atoms with Crippen molar-refractivity contribution in [2.24, 2.45) is 0 Å². The van der Waals surface area contributed by atoms with Crippen molar-refractivity contribution in [3.63, 3.8) is 0 Å². The Hall–Kier alpha value is -5.10. The number of para-hydroxylation sites is 2. The maximum atomic E-state index is 14.8. The minimum atomic E-state index is -0.884. The van der Waals surface area contributed by atoms with Crippen LogP contribution in [-0.4, -0.2) is 85.8 Å². The molecular formula is C40H45F2N5O5. The van der Waals surface area contributed by atoms with Crippen molar-refractivity contribution in [3.8, 4) is 17.2 Å². The number of carbonyl (C=O) groups is 1. The van der Waals surface area contributed by atoms with Gasteiger partial charge in [0.1, 0.15) is 5.76 Å². The average Bonchev–Trinajstić information content (AvgIpc) is 3.87. The second kappa shape index (κ2) is 15.2. The maximum absolute atomic E-state index is 14.8. The van der Waals surface area contributed by atoms with Crippen LogP contribution in [0.1, 0.15) is 53.8 Å². The summed E-state index contributed by atoms with van der Waals surface area (Å²) in [5, 5.41) is 0. The number of rotatable bonds is 12. The largest absolute Gasteiger partial charge is 0.493 e. The predicted molar refractivity (Wildman–Crippen MR) is 194 cm³/mol. The quantitative estimate of drug-likeness (QED) is 0.145. The van der Waals surface area contributed by atoms with E-state index in [9.17, 15) is 13.6 Å². The zero-order valence-electron chi connectivity index (χ0n) is 29.9. The fourth-order valence-electron chi connectivity index (χ4n) is 7.95. The van der Waals surface area contributed by atoms with E-state index < -0.39 is 17.0 Å². The number of benzene rings is 3. The van der Waals surface area contributed by atoms with Crippen LogP contribution in [-0.2, 0) is 12.0 Å². The first-order valence-electron chi connectivity index (χ1n) is 17.8. The first kappa shape index (κ1) is 35.3. The van der Waals surface area contributed by atoms with Gasteiger partial charge >= 0.3 is 0 Å². The maximum Gasteiger partial charge on any atom is 0.254 e. The summed E-state index contributed by atoms with van der Waals surface area (Å²) in [5.41, 5.74) is 2.46. The molecule has 1 N–H and O–H groups in total. The second-order valence-electron chi connectivity index (χ2n) is 13.8. The number of piperidine rings is 2. The summed E-state index contributed by atoms with van der Waals surface area (Å²) >= 11 is 0. The van der Waals surface area contributed by atoms with E-state index in [2.05, 4.69) is 14.8 Å². The normalized spacial score (nSPS) is 18.4. The average molecular weight is 714 g/mol. The first-order chi connectivity index (χ1) is 25.3. The van der Waals surface area contributed by atoms with E-state index in [4.69, 9.17) is 23.6 Å². The number of amides is 1. The highest BCUT2D eigenvalue weighted by Gasteiger charge is 2.40. The number of furan rings is 1. The molecule has 0 bridgehead atoms. The molecule has 5 aromatic rings. The fraction of sp³-hybridized carbons (Fsp3) is 0.400. The van der Waals surface area contributed by atoms with Gasteiger partial charge in [0.05, 0.1) is 45.2 Å². The number of halogens is 2. The van der Waals surface area contributed by atoms with Gasteiger partial charge in [-0.25, -0.2) is 13.8 Å². The van der Waals surface area contributed by atoms with Crippen molar-refractivity contribution in [3.05, 3.63) is 102 Å². The Labute approximate surface area is 302 Å². The van der Waals surface area contributed by atoms with E-state index in [0.29, 0.717) is 54.4 Å². The highest BCUT2D eigenvalue weighted by atomic mass is 19.2. The number of fused-ring (bicyclic) bond motifs is 1. The smallest absolute Gasteiger partial charge is 0.254 e. The van der Waals surface area contributed by atoms with Gasteiger partial charge in [0.2, 0.25) is 11.7 Å². The number of H-pyrrole nitrogens is 1. The third kappa shape index (κ3) is 7.16. The van der Waals surface area contributed by atoms with Crippen molar-refractivity contribution in [2.45, 2.75) is 50.1 Å². The minimum absolute atomic E-state index is 0.186. The van der Waals surface area contributed by atoms with Gasteiger partial charge in [-0.1, -0.05) is 18.2 Å². The van der Waals surface area contributed by atoms with E-state index in [1.165, 1.54) is 33.5 Å². The third-order valence-corrected chi connectivity index (χ3v) is 10.8. The van der Waals surface area contributed by atoms with Crippen LogP contribution in [0.25, 0.3) is 11.0 Å². The molecule has 2 aliphatic heterocycles. The van der Waals surface area contributed by atoms with Gasteiger partial charge in [0, 0.05) is 43.2 Å². The van der Waals surface area contributed by atoms with Crippen LogP contribution in [0.3, 0.4) is 0 Å². The molecule has 7 rings (SSSR count). The van der Waals surface area contributed by atoms with E-state index in [-0.39, 0.29) is 11.9 Å². The third-order valence-electron chi connectivity index (χ3n) is 10.8. The number of nitrogens with one attached hydrogen (secondary N) is 1. The standard InChI is InChI=1S/C40H45F2N5O5/c1-49-35-22-27(23-36(50-2)37(35)51-3)38(48)46-17-7-15-40(26-46,28-11-12-31(41)32(42)24-28)16-20-45-18-13-29(14-19-45)47(25-30-8-6-21-52-30)39-43-33-9-4-5-10-34(33)44-39/h4-6,8-12,21-24,29H,7,13-20,25-26H2,1-3H3,(H,43,44). The van der Waals surface area contributed by atoms with E-state index in [0.717, 1.165) is 68.1 Å². The van der Waals surface area contributed by atoms with Crippen molar-refractivity contribution in [2.75, 3.05) is 59.0 Å². The number of imidazole rings is 1. The molecule has 1 unspecified atom stereocenters. The zero-order chi connectivity index (χ0) is 36.2. The summed E-state index contributed by atoms with van der Waals surface area (Å²) < 4.78 is 51.2. The van der Waals surface area contributed by atoms with Gasteiger partial charge < -0.3 is 38.3 Å². The molecule has 0 aliphatic carbocycles. The lowest BCUT2D eigenvalue weighted by Crippen LogP contribution is -2.51. The summed E-state index contributed by atoms with van der Waals surface area (Å²) in [4.78, 5) is 29.1. The molecule has 52 heavy (non-hydrogen) atoms. The number of carbonyl (C=O) groups excluding carboxylic acids is 1. The van der Waals surface area contributed by atoms with Crippen molar-refractivity contribution in [1.82, 2.24) is 19.8 Å². The van der Waals surface area contributed by atoms with Crippen molar-refractivity contribution in [1.29, 1.82) is 0 Å². The number of methoxy groups -OCH3 is 3. The molecule has 10 nitrogen and oxygen atoms in total. The van der Waals surface area contributed by atoms with Crippen LogP contribution in [0.15, 0.2) is 77.4 Å². The number of anilines is 1. The molecule has 4 heterocycles. The molecule has 2 fully saturated rings. The molecule has 0 saturated carbocycles. The molecule has 1 amide bonds. The Morgan fingerprint density at radius 2 is 1.73 bits per heavy atom. The topological polar surface area (TPSA) is 96.3 Å². The molecule has 1 atom stereocenters. The minimum Gasteiger partial charge on any atom is -0.493 e. The van der Waals surface area contributed by atoms with Gasteiger partial charge in [0.15, 0.2) is 23.1 Å². The van der Waals surface area contributed by atoms with Crippen LogP contribution in [0, 0.1) is 11.6 Å². The Bertz CT molecular complexity index is 1940. The molecule has 2 aliphatic rings. The lowest BCUT2D eigenvalue weighted by molar-refractivity contribution is 0.0605. The van der Waals surface area contributed by atoms with Crippen molar-refractivity contribution >= 4 is 22.9 Å². The molecule has 3 aromatic carbocycles. The lowest BCUT2D eigenvalue weighted by Gasteiger charge is -2.45. The van der Waals surface area contributed by atoms with Crippen molar-refractivity contribution < 1.29 is 32.2 Å². The van der Waals surface area contributed by atoms with Gasteiger partial charge in [-0.05, 0) is 92.7 Å². The molecular weight excluding hydrogens is 668 g/mol. The van der Waals surface area contributed by atoms with Crippen LogP contribution in [0.4, 0.5) is 14.7 Å². The van der Waals surface area contributed by atoms with Gasteiger partial charge in [-0.2, -0.15) is 0 Å². The molecule has 2 saturated heterocycles. The number of likely N-dealkylation sites (tertiary alicyclic amines) is 2. The highest BCUT2D eigenvalue weighted by Crippen LogP contribution is 2.41. The Morgan fingerprint density at radius 3 is 2.40 bits per heavy atom. The summed E-state index contributed by atoms with van der Waals surface area (Å²) in [5.74, 6) is 0.933. The van der Waals surface area contributed by atoms with Gasteiger partial charge in [-0.15, -0.1) is 0 Å². The Morgan fingerprint density at radius 1 is 0.962 bits per heavy atom. The summed E-state index contributed by atoms with van der Waals surface area (Å²) in [6.07, 6.45) is 5.68. The zero-order valence-corrected chi connectivity index (χ0v) is 29.9. The predicted octanol–water partition coefficient (Wildman–Crippen LogP) is 7.20. The number of aromatic nitrogens is 2. The lowest BCUT2D eigenvalue weighted by atomic mass is 9.71. The van der Waals surface area contributed by atoms with Crippen LogP contribution in [0.2, 0.25) is 0 Å². The summed E-state index contributed by atoms with van der Waals surface area (Å²) in [6.45, 7) is 3.99. The second-order valence-corrected chi connectivity index (χ2v) is 13.8. The van der Waals surface area contributed by atoms with Crippen LogP contribution < -0.4 is 19.1 Å². The monoisotopic (exact) mass is 713 g/mol. The van der Waals surface area contributed by atoms with E-state index in [1.807, 2.05) is 41.3 Å². The molecule has 0 spiro atoms. The molecule has 12 heteroatoms. The Kier molecular flexibility index (Phi) is 10.4. The van der Waals surface area contributed by atoms with Gasteiger partial charge in [0.25, 0.3) is 5.91 Å². The summed E-state index contributed by atoms with van der Waals surface area (Å²) in [7, 11) is 4.54. The summed E-state index contributed by atoms with van der Waals surface area (Å²) in [6, 6.07) is 19.7. The van der Waals surface area contributed by atoms with Crippen LogP contribution >= 0.6 is 0 Å². The van der Waals surface area contributed by atoms with Gasteiger partial charge in [-0.3, -0.25) is 4.79 Å². The SMILES string of the molecule is COc1cc(C(=O)N2CCCC(CCN3CCC(N(Cc4ccco4)c4nc5ccccc5[nH]4)CC3)(c3ccc(F)c(F)c3)C2)cc(OC)c1OC. The molecule has 274 valence electrons. The van der Waals surface area contributed by atoms with E-state index in [1.54, 1.807) is 24.5 Å². The first-order valence-corrected chi connectivity index (χ1v) is 17.8. The Balaban J connectivity index is 1.09. The molecule has 2 aromatic heterocycles. The molecule has 0 radical (unpaired) electrons. The van der Waals surface area contributed by atoms with Crippen LogP contribution in [0.5, 0.6) is 17.2 Å². The number of aromatic amines is 1. The number of ether oxygens (including phenoxy) is 3. The number of hydrogen-bond acceptors (Lipinski definition) is 8. The van der Waals surface area contributed by atoms with E-state index >= 15 is 0 Å². The number of nitrogens with zero attached hydrogens (tertiary/aromatic N) is 4.